The van der Waals surface area contributed by atoms with Gasteiger partial charge in [0.05, 0.1) is 12.8 Å². The van der Waals surface area contributed by atoms with Crippen LogP contribution in [0, 0.1) is 0 Å². The van der Waals surface area contributed by atoms with Crippen LogP contribution in [0.5, 0.6) is 0 Å². The molecular formula is C44H90MnN2O4+2. The first-order chi connectivity index (χ1) is 24.3. The number of carboxylic acid groups (broad SMARTS) is 2. The van der Waals surface area contributed by atoms with Crippen molar-refractivity contribution < 1.29 is 36.9 Å². The van der Waals surface area contributed by atoms with Crippen molar-refractivity contribution in [1.82, 2.24) is 9.80 Å². The maximum Gasteiger partial charge on any atom is 2.00 e. The van der Waals surface area contributed by atoms with Gasteiger partial charge in [-0.2, -0.15) is 0 Å². The van der Waals surface area contributed by atoms with E-state index in [1.807, 2.05) is 14.1 Å². The van der Waals surface area contributed by atoms with Crippen LogP contribution in [-0.2, 0) is 26.7 Å². The smallest absolute Gasteiger partial charge is 0.481 e. The third kappa shape index (κ3) is 53.8. The molecule has 2 N–H and O–H groups in total. The van der Waals surface area contributed by atoms with Crippen LogP contribution in [0.2, 0.25) is 0 Å². The molecule has 6 nitrogen and oxygen atoms in total. The molecule has 0 saturated carbocycles. The molecule has 0 rings (SSSR count). The Morgan fingerprint density at radius 3 is 0.686 bits per heavy atom. The summed E-state index contributed by atoms with van der Waals surface area (Å²) in [5.41, 5.74) is 0. The predicted octanol–water partition coefficient (Wildman–Crippen LogP) is 13.3. The first-order valence-corrected chi connectivity index (χ1v) is 22.1. The number of hydrogen-bond acceptors (Lipinski definition) is 4. The van der Waals surface area contributed by atoms with Gasteiger partial charge >= 0.3 is 29.0 Å². The molecule has 305 valence electrons. The molecule has 0 unspecified atom stereocenters. The monoisotopic (exact) mass is 766 g/mol. The predicted molar refractivity (Wildman–Crippen MR) is 219 cm³/mol. The molecule has 0 fully saturated rings. The molecule has 0 spiro atoms. The average molecular weight is 766 g/mol. The molecule has 0 aromatic heterocycles. The minimum absolute atomic E-state index is 0. The Morgan fingerprint density at radius 1 is 0.333 bits per heavy atom. The summed E-state index contributed by atoms with van der Waals surface area (Å²) in [6, 6.07) is 0. The van der Waals surface area contributed by atoms with Crippen molar-refractivity contribution in [3.63, 3.8) is 0 Å². The van der Waals surface area contributed by atoms with Crippen molar-refractivity contribution in [3.8, 4) is 0 Å². The van der Waals surface area contributed by atoms with Gasteiger partial charge in [-0.05, 0) is 40.0 Å². The Bertz CT molecular complexity index is 626. The summed E-state index contributed by atoms with van der Waals surface area (Å²) in [7, 11) is 4.04. The normalized spacial score (nSPS) is 11.1. The fourth-order valence-corrected chi connectivity index (χ4v) is 6.66. The van der Waals surface area contributed by atoms with Crippen molar-refractivity contribution in [3.05, 3.63) is 0 Å². The maximum atomic E-state index is 10.5. The van der Waals surface area contributed by atoms with E-state index in [0.29, 0.717) is 13.1 Å². The van der Waals surface area contributed by atoms with Gasteiger partial charge < -0.3 is 20.0 Å². The Morgan fingerprint density at radius 2 is 0.510 bits per heavy atom. The quantitative estimate of drug-likeness (QED) is 0.0478. The van der Waals surface area contributed by atoms with Crippen molar-refractivity contribution in [2.45, 2.75) is 232 Å². The molecule has 0 atom stereocenters. The Labute approximate surface area is 329 Å². The Hall–Kier alpha value is -0.621. The first-order valence-electron chi connectivity index (χ1n) is 22.1. The van der Waals surface area contributed by atoms with Crippen LogP contribution in [0.4, 0.5) is 0 Å². The van der Waals surface area contributed by atoms with Gasteiger partial charge in [-0.15, -0.1) is 0 Å². The third-order valence-electron chi connectivity index (χ3n) is 10.2. The minimum Gasteiger partial charge on any atom is -0.481 e. The fraction of sp³-hybridized carbons (Fsp3) is 0.955. The topological polar surface area (TPSA) is 81.1 Å². The molecule has 1 radical (unpaired) electrons. The molecule has 0 saturated heterocycles. The molecular weight excluding hydrogens is 675 g/mol. The number of nitrogens with zero attached hydrogens (tertiary/aromatic N) is 2. The molecule has 0 aliphatic carbocycles. The van der Waals surface area contributed by atoms with Gasteiger partial charge in [0.15, 0.2) is 0 Å². The van der Waals surface area contributed by atoms with E-state index in [2.05, 4.69) is 23.6 Å². The van der Waals surface area contributed by atoms with Crippen molar-refractivity contribution >= 4 is 11.9 Å². The van der Waals surface area contributed by atoms with Gasteiger partial charge in [-0.3, -0.25) is 9.59 Å². The van der Waals surface area contributed by atoms with Crippen LogP contribution in [0.1, 0.15) is 232 Å². The second kappa shape index (κ2) is 47.4. The summed E-state index contributed by atoms with van der Waals surface area (Å²) in [6.07, 6.45) is 45.1. The first kappa shape index (κ1) is 54.7. The summed E-state index contributed by atoms with van der Waals surface area (Å²) in [5.74, 6) is -1.39. The molecule has 51 heavy (non-hydrogen) atoms. The second-order valence-electron chi connectivity index (χ2n) is 15.5. The number of unbranched alkanes of at least 4 members (excludes halogenated alkanes) is 30. The molecule has 0 heterocycles. The average Bonchev–Trinajstić information content (AvgIpc) is 3.09. The zero-order chi connectivity index (χ0) is 37.2. The van der Waals surface area contributed by atoms with Gasteiger partial charge in [-0.25, -0.2) is 0 Å². The SMILES string of the molecule is CCCCCCCCCCCCCCCCCCN(C)CCC(=O)O.CCCCCCCCCCCCCCCCCCN(C)CCC(=O)O.[Mn+2]. The Kier molecular flexibility index (Phi) is 50.9. The van der Waals surface area contributed by atoms with Crippen LogP contribution in [0.15, 0.2) is 0 Å². The van der Waals surface area contributed by atoms with Crippen LogP contribution in [0.25, 0.3) is 0 Å². The van der Waals surface area contributed by atoms with E-state index in [1.165, 1.54) is 205 Å². The van der Waals surface area contributed by atoms with Crippen LogP contribution in [0.3, 0.4) is 0 Å². The molecule has 0 aromatic rings. The third-order valence-corrected chi connectivity index (χ3v) is 10.2. The van der Waals surface area contributed by atoms with E-state index in [0.717, 1.165) is 13.1 Å². The second-order valence-corrected chi connectivity index (χ2v) is 15.5. The standard InChI is InChI=1S/2C22H45NO2.Mn/c2*1-3-4-5-6-7-8-9-10-11-12-13-14-15-16-17-18-20-23(2)21-19-22(24)25;/h2*3-21H2,1-2H3,(H,24,25);/q;;+2. The summed E-state index contributed by atoms with van der Waals surface area (Å²) < 4.78 is 0. The van der Waals surface area contributed by atoms with Crippen LogP contribution < -0.4 is 0 Å². The van der Waals surface area contributed by atoms with E-state index in [-0.39, 0.29) is 29.9 Å². The van der Waals surface area contributed by atoms with E-state index < -0.39 is 11.9 Å². The summed E-state index contributed by atoms with van der Waals surface area (Å²) in [4.78, 5) is 25.3. The van der Waals surface area contributed by atoms with Gasteiger partial charge in [0.2, 0.25) is 0 Å². The molecule has 0 aromatic carbocycles. The molecule has 0 aliphatic rings. The molecule has 7 heteroatoms. The van der Waals surface area contributed by atoms with E-state index in [9.17, 15) is 9.59 Å². The maximum absolute atomic E-state index is 10.5. The molecule has 0 aliphatic heterocycles. The van der Waals surface area contributed by atoms with Gasteiger partial charge in [0.25, 0.3) is 0 Å². The Balaban J connectivity index is -0.000000886. The number of rotatable bonds is 40. The van der Waals surface area contributed by atoms with E-state index in [1.54, 1.807) is 0 Å². The zero-order valence-corrected chi connectivity index (χ0v) is 36.0. The number of hydrogen-bond donors (Lipinski definition) is 2. The molecule has 0 bridgehead atoms. The number of carboxylic acids is 2. The van der Waals surface area contributed by atoms with E-state index >= 15 is 0 Å². The van der Waals surface area contributed by atoms with Crippen molar-refractivity contribution in [1.29, 1.82) is 0 Å². The van der Waals surface area contributed by atoms with E-state index in [4.69, 9.17) is 10.2 Å². The summed E-state index contributed by atoms with van der Waals surface area (Å²) >= 11 is 0. The number of aliphatic carboxylic acids is 2. The minimum atomic E-state index is -0.696. The number of carbonyl (C=O) groups is 2. The zero-order valence-electron chi connectivity index (χ0n) is 34.9. The van der Waals surface area contributed by atoms with Crippen molar-refractivity contribution in [2.24, 2.45) is 0 Å². The van der Waals surface area contributed by atoms with Gasteiger partial charge in [0, 0.05) is 13.1 Å². The van der Waals surface area contributed by atoms with Crippen LogP contribution in [-0.4, -0.2) is 72.2 Å². The van der Waals surface area contributed by atoms with Crippen LogP contribution >= 0.6 is 0 Å². The molecule has 0 amide bonds. The van der Waals surface area contributed by atoms with Gasteiger partial charge in [-0.1, -0.05) is 206 Å². The summed E-state index contributed by atoms with van der Waals surface area (Å²) in [5, 5.41) is 17.3. The fourth-order valence-electron chi connectivity index (χ4n) is 6.66. The van der Waals surface area contributed by atoms with Gasteiger partial charge in [0.1, 0.15) is 0 Å². The van der Waals surface area contributed by atoms with Crippen molar-refractivity contribution in [2.75, 3.05) is 40.3 Å². The summed E-state index contributed by atoms with van der Waals surface area (Å²) in [6.45, 7) is 7.98. The largest absolute Gasteiger partial charge is 2.00 e.